The Labute approximate surface area is 181 Å². The van der Waals surface area contributed by atoms with Gasteiger partial charge in [-0.15, -0.1) is 11.3 Å². The van der Waals surface area contributed by atoms with Gasteiger partial charge in [-0.3, -0.25) is 4.79 Å². The molecule has 0 spiro atoms. The van der Waals surface area contributed by atoms with Crippen molar-refractivity contribution < 1.29 is 13.9 Å². The van der Waals surface area contributed by atoms with Crippen LogP contribution in [0.4, 0.5) is 0 Å². The Morgan fingerprint density at radius 2 is 2.03 bits per heavy atom. The molecule has 0 radical (unpaired) electrons. The maximum atomic E-state index is 12.8. The quantitative estimate of drug-likeness (QED) is 0.556. The third kappa shape index (κ3) is 4.82. The van der Waals surface area contributed by atoms with Gasteiger partial charge in [-0.25, -0.2) is 4.98 Å². The van der Waals surface area contributed by atoms with Crippen LogP contribution in [0.15, 0.2) is 58.7 Å². The molecule has 1 aromatic carbocycles. The largest absolute Gasteiger partial charge is 0.442 e. The molecule has 1 fully saturated rings. The molecule has 1 N–H and O–H groups in total. The van der Waals surface area contributed by atoms with Crippen molar-refractivity contribution in [1.29, 1.82) is 0 Å². The summed E-state index contributed by atoms with van der Waals surface area (Å²) in [6.45, 7) is 5.67. The fourth-order valence-corrected chi connectivity index (χ4v) is 5.30. The summed E-state index contributed by atoms with van der Waals surface area (Å²) < 4.78 is 11.5. The Kier molecular flexibility index (Phi) is 6.06. The third-order valence-electron chi connectivity index (χ3n) is 5.82. The van der Waals surface area contributed by atoms with Gasteiger partial charge in [0.25, 0.3) is 5.91 Å². The van der Waals surface area contributed by atoms with Gasteiger partial charge in [-0.05, 0) is 62.0 Å². The van der Waals surface area contributed by atoms with Crippen molar-refractivity contribution in [3.8, 4) is 10.6 Å². The summed E-state index contributed by atoms with van der Waals surface area (Å²) in [4.78, 5) is 17.9. The normalized spacial score (nSPS) is 20.7. The highest BCUT2D eigenvalue weighted by atomic mass is 32.1. The summed E-state index contributed by atoms with van der Waals surface area (Å²) >= 11 is 1.53. The highest BCUT2D eigenvalue weighted by molar-refractivity contribution is 7.13. The summed E-state index contributed by atoms with van der Waals surface area (Å²) in [5, 5.41) is 5.03. The number of hydrogen-bond donors (Lipinski definition) is 1. The lowest BCUT2D eigenvalue weighted by Crippen LogP contribution is -2.44. The summed E-state index contributed by atoms with van der Waals surface area (Å²) in [6, 6.07) is 14.5. The Balaban J connectivity index is 1.44. The van der Waals surface area contributed by atoms with E-state index in [0.29, 0.717) is 18.0 Å². The predicted molar refractivity (Wildman–Crippen MR) is 119 cm³/mol. The zero-order chi connectivity index (χ0) is 21.0. The zero-order valence-electron chi connectivity index (χ0n) is 17.5. The second kappa shape index (κ2) is 8.74. The van der Waals surface area contributed by atoms with E-state index in [0.717, 1.165) is 37.2 Å². The first-order chi connectivity index (χ1) is 14.5. The van der Waals surface area contributed by atoms with Crippen LogP contribution in [-0.4, -0.2) is 29.6 Å². The SMILES string of the molecule is CC1(C)CC(CCNC(=O)c2ncoc2-c2cccs2)(Cc2ccccc2)CCO1. The van der Waals surface area contributed by atoms with Crippen LogP contribution in [0, 0.1) is 5.41 Å². The van der Waals surface area contributed by atoms with Gasteiger partial charge in [-0.2, -0.15) is 0 Å². The molecule has 5 nitrogen and oxygen atoms in total. The molecule has 2 aromatic heterocycles. The minimum Gasteiger partial charge on any atom is -0.442 e. The van der Waals surface area contributed by atoms with E-state index < -0.39 is 0 Å². The number of aromatic nitrogens is 1. The predicted octanol–water partition coefficient (Wildman–Crippen LogP) is 5.34. The van der Waals surface area contributed by atoms with E-state index >= 15 is 0 Å². The van der Waals surface area contributed by atoms with E-state index in [4.69, 9.17) is 9.15 Å². The number of thiophene rings is 1. The number of carbonyl (C=O) groups excluding carboxylic acids is 1. The highest BCUT2D eigenvalue weighted by Gasteiger charge is 2.40. The molecule has 3 aromatic rings. The van der Waals surface area contributed by atoms with E-state index in [2.05, 4.69) is 48.4 Å². The molecule has 1 saturated heterocycles. The molecular formula is C24H28N2O3S. The number of hydrogen-bond acceptors (Lipinski definition) is 5. The number of benzene rings is 1. The standard InChI is InChI=1S/C24H28N2O3S/c1-23(2)16-24(11-13-29-23,15-18-7-4-3-5-8-18)10-12-25-22(27)20-21(28-17-26-20)19-9-6-14-30-19/h3-9,14,17H,10-13,15-16H2,1-2H3,(H,25,27). The molecule has 0 bridgehead atoms. The Morgan fingerprint density at radius 1 is 1.20 bits per heavy atom. The van der Waals surface area contributed by atoms with Crippen molar-refractivity contribution in [3.05, 3.63) is 65.5 Å². The van der Waals surface area contributed by atoms with Crippen LogP contribution in [-0.2, 0) is 11.2 Å². The average molecular weight is 425 g/mol. The Bertz CT molecular complexity index is 966. The first kappa shape index (κ1) is 20.8. The molecule has 6 heteroatoms. The van der Waals surface area contributed by atoms with Crippen molar-refractivity contribution in [2.24, 2.45) is 5.41 Å². The van der Waals surface area contributed by atoms with Gasteiger partial charge in [0.1, 0.15) is 0 Å². The Morgan fingerprint density at radius 3 is 2.77 bits per heavy atom. The summed E-state index contributed by atoms with van der Waals surface area (Å²) in [5.41, 5.74) is 1.62. The maximum Gasteiger partial charge on any atom is 0.273 e. The second-order valence-corrected chi connectivity index (χ2v) is 9.66. The van der Waals surface area contributed by atoms with Crippen LogP contribution in [0.3, 0.4) is 0 Å². The lowest BCUT2D eigenvalue weighted by Gasteiger charge is -2.45. The van der Waals surface area contributed by atoms with Gasteiger partial charge < -0.3 is 14.5 Å². The number of amides is 1. The highest BCUT2D eigenvalue weighted by Crippen LogP contribution is 2.43. The number of carbonyl (C=O) groups is 1. The summed E-state index contributed by atoms with van der Waals surface area (Å²) in [6.07, 6.45) is 5.18. The van der Waals surface area contributed by atoms with Crippen LogP contribution in [0.2, 0.25) is 0 Å². The van der Waals surface area contributed by atoms with Gasteiger partial charge >= 0.3 is 0 Å². The number of ether oxygens (including phenoxy) is 1. The van der Waals surface area contributed by atoms with E-state index in [9.17, 15) is 4.79 Å². The van der Waals surface area contributed by atoms with E-state index in [1.165, 1.54) is 23.3 Å². The molecule has 1 atom stereocenters. The summed E-state index contributed by atoms with van der Waals surface area (Å²) in [7, 11) is 0. The van der Waals surface area contributed by atoms with E-state index in [1.807, 2.05) is 23.6 Å². The van der Waals surface area contributed by atoms with E-state index in [1.54, 1.807) is 0 Å². The van der Waals surface area contributed by atoms with Crippen molar-refractivity contribution >= 4 is 17.2 Å². The van der Waals surface area contributed by atoms with Crippen molar-refractivity contribution in [2.75, 3.05) is 13.2 Å². The summed E-state index contributed by atoms with van der Waals surface area (Å²) in [5.74, 6) is 0.349. The van der Waals surface area contributed by atoms with Crippen LogP contribution >= 0.6 is 11.3 Å². The Hall–Kier alpha value is -2.44. The van der Waals surface area contributed by atoms with E-state index in [-0.39, 0.29) is 16.9 Å². The maximum absolute atomic E-state index is 12.8. The third-order valence-corrected chi connectivity index (χ3v) is 6.68. The molecule has 4 rings (SSSR count). The molecule has 1 unspecified atom stereocenters. The fraction of sp³-hybridized carbons (Fsp3) is 0.417. The average Bonchev–Trinajstić information content (AvgIpc) is 3.39. The monoisotopic (exact) mass is 424 g/mol. The van der Waals surface area contributed by atoms with Crippen LogP contribution in [0.1, 0.15) is 49.2 Å². The van der Waals surface area contributed by atoms with Crippen LogP contribution in [0.25, 0.3) is 10.6 Å². The lowest BCUT2D eigenvalue weighted by molar-refractivity contribution is -0.107. The van der Waals surface area contributed by atoms with Gasteiger partial charge in [0.05, 0.1) is 10.5 Å². The van der Waals surface area contributed by atoms with Crippen molar-refractivity contribution in [3.63, 3.8) is 0 Å². The number of oxazole rings is 1. The molecule has 3 heterocycles. The number of nitrogens with one attached hydrogen (secondary N) is 1. The van der Waals surface area contributed by atoms with Crippen LogP contribution in [0.5, 0.6) is 0 Å². The molecule has 0 saturated carbocycles. The smallest absolute Gasteiger partial charge is 0.273 e. The minimum absolute atomic E-state index is 0.0940. The first-order valence-corrected chi connectivity index (χ1v) is 11.3. The van der Waals surface area contributed by atoms with Gasteiger partial charge in [-0.1, -0.05) is 36.4 Å². The molecule has 0 aliphatic carbocycles. The lowest BCUT2D eigenvalue weighted by atomic mass is 9.68. The topological polar surface area (TPSA) is 64.4 Å². The second-order valence-electron chi connectivity index (χ2n) is 8.71. The number of rotatable bonds is 7. The first-order valence-electron chi connectivity index (χ1n) is 10.4. The molecule has 1 aliphatic rings. The van der Waals surface area contributed by atoms with Crippen molar-refractivity contribution in [1.82, 2.24) is 10.3 Å². The van der Waals surface area contributed by atoms with Crippen molar-refractivity contribution in [2.45, 2.75) is 45.1 Å². The molecular weight excluding hydrogens is 396 g/mol. The van der Waals surface area contributed by atoms with Gasteiger partial charge in [0.2, 0.25) is 0 Å². The molecule has 158 valence electrons. The van der Waals surface area contributed by atoms with Crippen LogP contribution < -0.4 is 5.32 Å². The molecule has 1 amide bonds. The molecule has 30 heavy (non-hydrogen) atoms. The zero-order valence-corrected chi connectivity index (χ0v) is 18.3. The minimum atomic E-state index is -0.187. The number of nitrogens with zero attached hydrogens (tertiary/aromatic N) is 1. The van der Waals surface area contributed by atoms with Gasteiger partial charge in [0, 0.05) is 13.2 Å². The fourth-order valence-electron chi connectivity index (χ4n) is 4.58. The molecule has 1 aliphatic heterocycles. The van der Waals surface area contributed by atoms with Gasteiger partial charge in [0.15, 0.2) is 17.8 Å².